The van der Waals surface area contributed by atoms with Crippen molar-refractivity contribution >= 4 is 22.1 Å². The van der Waals surface area contributed by atoms with Crippen molar-refractivity contribution in [1.82, 2.24) is 5.32 Å². The van der Waals surface area contributed by atoms with Crippen LogP contribution in [0.5, 0.6) is 0 Å². The zero-order valence-electron chi connectivity index (χ0n) is 12.4. The molecule has 2 heteroatoms. The van der Waals surface area contributed by atoms with Gasteiger partial charge in [0.15, 0.2) is 0 Å². The predicted octanol–water partition coefficient (Wildman–Crippen LogP) is 4.84. The van der Waals surface area contributed by atoms with Gasteiger partial charge in [-0.05, 0) is 60.1 Å². The van der Waals surface area contributed by atoms with E-state index in [0.717, 1.165) is 13.0 Å². The second kappa shape index (κ2) is 6.88. The zero-order chi connectivity index (χ0) is 14.5. The van der Waals surface area contributed by atoms with Crippen molar-refractivity contribution in [2.75, 3.05) is 13.6 Å². The van der Waals surface area contributed by atoms with Gasteiger partial charge in [-0.15, -0.1) is 11.3 Å². The van der Waals surface area contributed by atoms with Crippen LogP contribution < -0.4 is 5.32 Å². The topological polar surface area (TPSA) is 12.0 Å². The monoisotopic (exact) mass is 295 g/mol. The summed E-state index contributed by atoms with van der Waals surface area (Å²) in [4.78, 5) is 1.50. The van der Waals surface area contributed by atoms with Gasteiger partial charge in [-0.2, -0.15) is 0 Å². The Morgan fingerprint density at radius 3 is 2.62 bits per heavy atom. The summed E-state index contributed by atoms with van der Waals surface area (Å²) in [6.07, 6.45) is 2.30. The van der Waals surface area contributed by atoms with Crippen LogP contribution >= 0.6 is 11.3 Å². The smallest absolute Gasteiger partial charge is 0.00799 e. The molecular formula is C19H21NS. The summed E-state index contributed by atoms with van der Waals surface area (Å²) < 4.78 is 0. The molecule has 0 aliphatic heterocycles. The largest absolute Gasteiger partial charge is 0.320 e. The standard InChI is InChI=1S/C19H21NS/c1-20-11-10-18(19-7-4-12-21-19)14-15-8-9-16-5-2-3-6-17(16)13-15/h2-9,12-13,18,20H,10-11,14H2,1H3/t18-/m0/s1. The molecule has 21 heavy (non-hydrogen) atoms. The molecule has 108 valence electrons. The van der Waals surface area contributed by atoms with Crippen molar-refractivity contribution in [3.05, 3.63) is 70.4 Å². The van der Waals surface area contributed by atoms with Gasteiger partial charge in [0.2, 0.25) is 0 Å². The molecule has 0 radical (unpaired) electrons. The SMILES string of the molecule is CNCC[C@@H](Cc1ccc2ccccc2c1)c1cccs1. The highest BCUT2D eigenvalue weighted by Crippen LogP contribution is 2.29. The molecule has 0 fully saturated rings. The maximum atomic E-state index is 3.28. The summed E-state index contributed by atoms with van der Waals surface area (Å²) in [7, 11) is 2.03. The lowest BCUT2D eigenvalue weighted by molar-refractivity contribution is 0.601. The molecule has 0 unspecified atom stereocenters. The van der Waals surface area contributed by atoms with E-state index in [4.69, 9.17) is 0 Å². The summed E-state index contributed by atoms with van der Waals surface area (Å²) in [5.41, 5.74) is 1.43. The molecule has 2 aromatic carbocycles. The van der Waals surface area contributed by atoms with E-state index in [0.29, 0.717) is 5.92 Å². The first-order valence-corrected chi connectivity index (χ1v) is 8.40. The van der Waals surface area contributed by atoms with Gasteiger partial charge in [0.25, 0.3) is 0 Å². The molecular weight excluding hydrogens is 274 g/mol. The molecule has 1 heterocycles. The van der Waals surface area contributed by atoms with Gasteiger partial charge < -0.3 is 5.32 Å². The van der Waals surface area contributed by atoms with Gasteiger partial charge in [-0.1, -0.05) is 48.5 Å². The van der Waals surface area contributed by atoms with Crippen LogP contribution in [-0.4, -0.2) is 13.6 Å². The summed E-state index contributed by atoms with van der Waals surface area (Å²) in [6, 6.07) is 19.9. The Morgan fingerprint density at radius 1 is 1.00 bits per heavy atom. The van der Waals surface area contributed by atoms with Crippen molar-refractivity contribution in [3.8, 4) is 0 Å². The van der Waals surface area contributed by atoms with Crippen molar-refractivity contribution < 1.29 is 0 Å². The molecule has 0 aliphatic rings. The molecule has 1 N–H and O–H groups in total. The Kier molecular flexibility index (Phi) is 4.69. The first kappa shape index (κ1) is 14.3. The average Bonchev–Trinajstić information content (AvgIpc) is 3.05. The summed E-state index contributed by atoms with van der Waals surface area (Å²) >= 11 is 1.88. The van der Waals surface area contributed by atoms with Crippen molar-refractivity contribution in [2.24, 2.45) is 0 Å². The van der Waals surface area contributed by atoms with Crippen molar-refractivity contribution in [2.45, 2.75) is 18.8 Å². The Labute approximate surface area is 130 Å². The fraction of sp³-hybridized carbons (Fsp3) is 0.263. The van der Waals surface area contributed by atoms with Crippen LogP contribution in [0.1, 0.15) is 22.8 Å². The van der Waals surface area contributed by atoms with Crippen LogP contribution in [0.25, 0.3) is 10.8 Å². The lowest BCUT2D eigenvalue weighted by Gasteiger charge is -2.16. The van der Waals surface area contributed by atoms with E-state index in [1.807, 2.05) is 18.4 Å². The molecule has 3 rings (SSSR count). The third kappa shape index (κ3) is 3.52. The number of nitrogens with one attached hydrogen (secondary N) is 1. The Bertz CT molecular complexity index is 688. The van der Waals surface area contributed by atoms with Crippen LogP contribution in [0, 0.1) is 0 Å². The van der Waals surface area contributed by atoms with E-state index < -0.39 is 0 Å². The highest BCUT2D eigenvalue weighted by Gasteiger charge is 2.13. The molecule has 0 saturated heterocycles. The quantitative estimate of drug-likeness (QED) is 0.686. The number of hydrogen-bond acceptors (Lipinski definition) is 2. The van der Waals surface area contributed by atoms with Crippen LogP contribution in [0.3, 0.4) is 0 Å². The first-order valence-electron chi connectivity index (χ1n) is 7.52. The molecule has 0 amide bonds. The summed E-state index contributed by atoms with van der Waals surface area (Å²) in [6.45, 7) is 1.07. The number of benzene rings is 2. The fourth-order valence-electron chi connectivity index (χ4n) is 2.84. The second-order valence-corrected chi connectivity index (χ2v) is 6.47. The molecule has 3 aromatic rings. The zero-order valence-corrected chi connectivity index (χ0v) is 13.2. The van der Waals surface area contributed by atoms with E-state index in [2.05, 4.69) is 65.3 Å². The minimum Gasteiger partial charge on any atom is -0.320 e. The fourth-order valence-corrected chi connectivity index (χ4v) is 3.70. The summed E-state index contributed by atoms with van der Waals surface area (Å²) in [5.74, 6) is 0.610. The van der Waals surface area contributed by atoms with E-state index in [1.165, 1.54) is 27.6 Å². The predicted molar refractivity (Wildman–Crippen MR) is 93.3 cm³/mol. The highest BCUT2D eigenvalue weighted by atomic mass is 32.1. The Balaban J connectivity index is 1.83. The van der Waals surface area contributed by atoms with Crippen LogP contribution in [-0.2, 0) is 6.42 Å². The van der Waals surface area contributed by atoms with Gasteiger partial charge >= 0.3 is 0 Å². The molecule has 1 nitrogen and oxygen atoms in total. The molecule has 1 aromatic heterocycles. The second-order valence-electron chi connectivity index (χ2n) is 5.49. The van der Waals surface area contributed by atoms with Crippen molar-refractivity contribution in [1.29, 1.82) is 0 Å². The minimum absolute atomic E-state index is 0.610. The first-order chi connectivity index (χ1) is 10.4. The number of fused-ring (bicyclic) bond motifs is 1. The molecule has 1 atom stereocenters. The molecule has 0 saturated carbocycles. The molecule has 0 bridgehead atoms. The lowest BCUT2D eigenvalue weighted by Crippen LogP contribution is -2.13. The highest BCUT2D eigenvalue weighted by molar-refractivity contribution is 7.10. The number of rotatable bonds is 6. The van der Waals surface area contributed by atoms with E-state index in [-0.39, 0.29) is 0 Å². The van der Waals surface area contributed by atoms with E-state index >= 15 is 0 Å². The van der Waals surface area contributed by atoms with Crippen LogP contribution in [0.2, 0.25) is 0 Å². The van der Waals surface area contributed by atoms with Gasteiger partial charge in [-0.3, -0.25) is 0 Å². The maximum absolute atomic E-state index is 3.28. The van der Waals surface area contributed by atoms with Gasteiger partial charge in [-0.25, -0.2) is 0 Å². The number of hydrogen-bond donors (Lipinski definition) is 1. The van der Waals surface area contributed by atoms with Gasteiger partial charge in [0.1, 0.15) is 0 Å². The summed E-state index contributed by atoms with van der Waals surface area (Å²) in [5, 5.41) is 8.13. The van der Waals surface area contributed by atoms with Crippen molar-refractivity contribution in [3.63, 3.8) is 0 Å². The molecule has 0 spiro atoms. The van der Waals surface area contributed by atoms with Crippen LogP contribution in [0.4, 0.5) is 0 Å². The number of thiophene rings is 1. The third-order valence-corrected chi connectivity index (χ3v) is 5.02. The minimum atomic E-state index is 0.610. The molecule has 0 aliphatic carbocycles. The third-order valence-electron chi connectivity index (χ3n) is 3.98. The Hall–Kier alpha value is -1.64. The van der Waals surface area contributed by atoms with Gasteiger partial charge in [0.05, 0.1) is 0 Å². The lowest BCUT2D eigenvalue weighted by atomic mass is 9.93. The normalized spacial score (nSPS) is 12.6. The maximum Gasteiger partial charge on any atom is 0.00799 e. The average molecular weight is 295 g/mol. The van der Waals surface area contributed by atoms with Crippen LogP contribution in [0.15, 0.2) is 60.0 Å². The van der Waals surface area contributed by atoms with Gasteiger partial charge in [0, 0.05) is 4.88 Å². The Morgan fingerprint density at radius 2 is 1.86 bits per heavy atom. The van der Waals surface area contributed by atoms with E-state index in [9.17, 15) is 0 Å². The van der Waals surface area contributed by atoms with E-state index in [1.54, 1.807) is 0 Å².